The minimum atomic E-state index is -0.986. The number of nitrogens with zero attached hydrogens (tertiary/aromatic N) is 7. The van der Waals surface area contributed by atoms with E-state index >= 15 is 0 Å². The van der Waals surface area contributed by atoms with E-state index in [1.54, 1.807) is 0 Å². The SMILES string of the molecule is CN1CCC[C@H]1COc1nc2c(c(N3CCN(C(=O)O)C(CC#N)C3)n1)CCN(c1cccc3ccccc13)C2. The van der Waals surface area contributed by atoms with Crippen molar-refractivity contribution in [2.24, 2.45) is 0 Å². The molecule has 2 aromatic carbocycles. The Morgan fingerprint density at radius 2 is 1.93 bits per heavy atom. The molecule has 208 valence electrons. The molecule has 6 rings (SSSR count). The monoisotopic (exact) mass is 541 g/mol. The van der Waals surface area contributed by atoms with Crippen LogP contribution in [0.15, 0.2) is 42.5 Å². The predicted octanol–water partition coefficient (Wildman–Crippen LogP) is 3.75. The fourth-order valence-corrected chi connectivity index (χ4v) is 6.34. The second kappa shape index (κ2) is 11.2. The van der Waals surface area contributed by atoms with Gasteiger partial charge in [0.15, 0.2) is 0 Å². The number of fused-ring (bicyclic) bond motifs is 2. The average molecular weight is 542 g/mol. The van der Waals surface area contributed by atoms with Gasteiger partial charge in [-0.25, -0.2) is 4.79 Å². The molecule has 3 aliphatic rings. The molecule has 0 spiro atoms. The number of hydrogen-bond donors (Lipinski definition) is 1. The van der Waals surface area contributed by atoms with Gasteiger partial charge in [0.05, 0.1) is 30.8 Å². The van der Waals surface area contributed by atoms with Crippen LogP contribution in [0.25, 0.3) is 10.8 Å². The van der Waals surface area contributed by atoms with Gasteiger partial charge in [-0.15, -0.1) is 0 Å². The van der Waals surface area contributed by atoms with Gasteiger partial charge in [0.2, 0.25) is 0 Å². The van der Waals surface area contributed by atoms with E-state index in [-0.39, 0.29) is 6.42 Å². The molecule has 1 amide bonds. The maximum Gasteiger partial charge on any atom is 0.407 e. The quantitative estimate of drug-likeness (QED) is 0.499. The highest BCUT2D eigenvalue weighted by molar-refractivity contribution is 5.94. The second-order valence-electron chi connectivity index (χ2n) is 11.0. The summed E-state index contributed by atoms with van der Waals surface area (Å²) in [5, 5.41) is 21.5. The van der Waals surface area contributed by atoms with Gasteiger partial charge in [-0.3, -0.25) is 0 Å². The molecule has 0 radical (unpaired) electrons. The number of amides is 1. The van der Waals surface area contributed by atoms with Crippen molar-refractivity contribution >= 4 is 28.4 Å². The zero-order chi connectivity index (χ0) is 27.6. The molecule has 1 unspecified atom stereocenters. The number of benzene rings is 2. The molecule has 10 heteroatoms. The highest BCUT2D eigenvalue weighted by atomic mass is 16.5. The van der Waals surface area contributed by atoms with Crippen LogP contribution in [0, 0.1) is 11.3 Å². The summed E-state index contributed by atoms with van der Waals surface area (Å²) in [5.74, 6) is 0.810. The van der Waals surface area contributed by atoms with Crippen molar-refractivity contribution in [3.05, 3.63) is 53.7 Å². The number of piperazine rings is 1. The van der Waals surface area contributed by atoms with Crippen molar-refractivity contribution in [3.8, 4) is 12.1 Å². The van der Waals surface area contributed by atoms with Crippen molar-refractivity contribution in [3.63, 3.8) is 0 Å². The van der Waals surface area contributed by atoms with E-state index in [4.69, 9.17) is 14.7 Å². The van der Waals surface area contributed by atoms with Gasteiger partial charge in [-0.2, -0.15) is 15.2 Å². The van der Waals surface area contributed by atoms with Crippen LogP contribution >= 0.6 is 0 Å². The maximum atomic E-state index is 11.8. The van der Waals surface area contributed by atoms with E-state index < -0.39 is 12.1 Å². The molecule has 0 bridgehead atoms. The zero-order valence-corrected chi connectivity index (χ0v) is 22.9. The number of nitriles is 1. The Morgan fingerprint density at radius 3 is 2.73 bits per heavy atom. The van der Waals surface area contributed by atoms with Gasteiger partial charge >= 0.3 is 12.1 Å². The Balaban J connectivity index is 1.33. The van der Waals surface area contributed by atoms with Crippen molar-refractivity contribution in [1.82, 2.24) is 19.8 Å². The number of hydrogen-bond acceptors (Lipinski definition) is 8. The third-order valence-corrected chi connectivity index (χ3v) is 8.56. The number of likely N-dealkylation sites (tertiary alicyclic amines) is 1. The molecule has 40 heavy (non-hydrogen) atoms. The molecule has 1 N–H and O–H groups in total. The van der Waals surface area contributed by atoms with Gasteiger partial charge in [0.25, 0.3) is 0 Å². The summed E-state index contributed by atoms with van der Waals surface area (Å²) in [6.45, 7) is 4.31. The van der Waals surface area contributed by atoms with Crippen LogP contribution in [0.2, 0.25) is 0 Å². The molecule has 0 saturated carbocycles. The van der Waals surface area contributed by atoms with Crippen molar-refractivity contribution in [2.75, 3.05) is 56.2 Å². The molecule has 2 saturated heterocycles. The molecule has 1 aromatic heterocycles. The van der Waals surface area contributed by atoms with Crippen LogP contribution in [0.4, 0.5) is 16.3 Å². The summed E-state index contributed by atoms with van der Waals surface area (Å²) in [4.78, 5) is 29.9. The minimum absolute atomic E-state index is 0.141. The Bertz CT molecular complexity index is 1440. The standard InChI is InChI=1S/C30H35N7O3/c1-34-14-5-8-23(34)20-40-29-32-26-19-35(27-10-4-7-21-6-2-3-9-24(21)27)15-12-25(26)28(33-29)36-16-17-37(30(38)39)22(18-36)11-13-31/h2-4,6-7,9-10,22-23H,5,8,11-12,14-20H2,1H3,(H,38,39)/t22?,23-/m0/s1. The number of carbonyl (C=O) groups is 1. The highest BCUT2D eigenvalue weighted by Crippen LogP contribution is 2.35. The van der Waals surface area contributed by atoms with Crippen LogP contribution in [0.3, 0.4) is 0 Å². The van der Waals surface area contributed by atoms with Crippen LogP contribution in [-0.4, -0.2) is 89.4 Å². The Morgan fingerprint density at radius 1 is 1.07 bits per heavy atom. The largest absolute Gasteiger partial charge is 0.465 e. The van der Waals surface area contributed by atoms with Gasteiger partial charge in [0.1, 0.15) is 12.4 Å². The Labute approximate surface area is 234 Å². The lowest BCUT2D eigenvalue weighted by Gasteiger charge is -2.41. The van der Waals surface area contributed by atoms with Gasteiger partial charge in [0, 0.05) is 48.9 Å². The highest BCUT2D eigenvalue weighted by Gasteiger charge is 2.34. The predicted molar refractivity (Wildman–Crippen MR) is 153 cm³/mol. The summed E-state index contributed by atoms with van der Waals surface area (Å²) in [5.41, 5.74) is 3.21. The van der Waals surface area contributed by atoms with Crippen molar-refractivity contribution in [1.29, 1.82) is 5.26 Å². The van der Waals surface area contributed by atoms with Crippen LogP contribution in [-0.2, 0) is 13.0 Å². The lowest BCUT2D eigenvalue weighted by atomic mass is 10.0. The number of aromatic nitrogens is 2. The van der Waals surface area contributed by atoms with Crippen LogP contribution < -0.4 is 14.5 Å². The van der Waals surface area contributed by atoms with Gasteiger partial charge in [-0.05, 0) is 44.3 Å². The molecular weight excluding hydrogens is 506 g/mol. The molecule has 2 fully saturated rings. The maximum absolute atomic E-state index is 11.8. The second-order valence-corrected chi connectivity index (χ2v) is 11.0. The zero-order valence-electron chi connectivity index (χ0n) is 22.9. The lowest BCUT2D eigenvalue weighted by molar-refractivity contribution is 0.119. The van der Waals surface area contributed by atoms with E-state index in [9.17, 15) is 15.2 Å². The third-order valence-electron chi connectivity index (χ3n) is 8.56. The number of anilines is 2. The number of ether oxygens (including phenoxy) is 1. The fourth-order valence-electron chi connectivity index (χ4n) is 6.34. The number of carboxylic acid groups (broad SMARTS) is 1. The molecule has 2 atom stereocenters. The smallest absolute Gasteiger partial charge is 0.407 e. The molecule has 10 nitrogen and oxygen atoms in total. The minimum Gasteiger partial charge on any atom is -0.465 e. The Kier molecular flexibility index (Phi) is 7.30. The van der Waals surface area contributed by atoms with Crippen molar-refractivity contribution in [2.45, 2.75) is 44.3 Å². The van der Waals surface area contributed by atoms with Gasteiger partial charge < -0.3 is 29.4 Å². The van der Waals surface area contributed by atoms with Crippen LogP contribution in [0.1, 0.15) is 30.5 Å². The van der Waals surface area contributed by atoms with Crippen LogP contribution in [0.5, 0.6) is 6.01 Å². The molecular formula is C30H35N7O3. The molecule has 3 aromatic rings. The third kappa shape index (κ3) is 5.09. The summed E-state index contributed by atoms with van der Waals surface area (Å²) >= 11 is 0. The molecule has 3 aliphatic heterocycles. The fraction of sp³-hybridized carbons (Fsp3) is 0.467. The topological polar surface area (TPSA) is 109 Å². The first-order valence-electron chi connectivity index (χ1n) is 14.1. The van der Waals surface area contributed by atoms with E-state index in [1.165, 1.54) is 21.4 Å². The summed E-state index contributed by atoms with van der Waals surface area (Å²) in [6.07, 6.45) is 2.18. The van der Waals surface area contributed by atoms with E-state index in [0.29, 0.717) is 44.8 Å². The lowest BCUT2D eigenvalue weighted by Crippen LogP contribution is -2.55. The summed E-state index contributed by atoms with van der Waals surface area (Å²) in [6, 6.07) is 17.3. The van der Waals surface area contributed by atoms with E-state index in [0.717, 1.165) is 49.4 Å². The first-order chi connectivity index (χ1) is 19.5. The average Bonchev–Trinajstić information content (AvgIpc) is 3.39. The molecule has 4 heterocycles. The Hall–Kier alpha value is -4.10. The van der Waals surface area contributed by atoms with E-state index in [1.807, 2.05) is 0 Å². The van der Waals surface area contributed by atoms with Gasteiger partial charge in [-0.1, -0.05) is 36.4 Å². The first kappa shape index (κ1) is 26.1. The first-order valence-corrected chi connectivity index (χ1v) is 14.1. The normalized spacial score (nSPS) is 21.4. The van der Waals surface area contributed by atoms with Crippen molar-refractivity contribution < 1.29 is 14.6 Å². The van der Waals surface area contributed by atoms with E-state index in [2.05, 4.69) is 70.3 Å². The molecule has 0 aliphatic carbocycles. The number of likely N-dealkylation sites (N-methyl/N-ethyl adjacent to an activating group) is 1. The number of rotatable bonds is 6. The summed E-state index contributed by atoms with van der Waals surface area (Å²) < 4.78 is 6.24. The summed E-state index contributed by atoms with van der Waals surface area (Å²) in [7, 11) is 2.12.